The van der Waals surface area contributed by atoms with Gasteiger partial charge in [-0.15, -0.1) is 0 Å². The number of anilines is 3. The predicted molar refractivity (Wildman–Crippen MR) is 115 cm³/mol. The highest BCUT2D eigenvalue weighted by Crippen LogP contribution is 2.39. The number of carbonyl (C=O) groups excluding carboxylic acids is 3. The van der Waals surface area contributed by atoms with Crippen molar-refractivity contribution in [3.05, 3.63) is 54.1 Å². The van der Waals surface area contributed by atoms with Crippen LogP contribution in [0, 0.1) is 0 Å². The van der Waals surface area contributed by atoms with E-state index in [-0.39, 0.29) is 24.1 Å². The summed E-state index contributed by atoms with van der Waals surface area (Å²) < 4.78 is 5.46. The summed E-state index contributed by atoms with van der Waals surface area (Å²) in [6, 6.07) is 17.2. The van der Waals surface area contributed by atoms with Crippen LogP contribution in [-0.2, 0) is 19.1 Å². The Morgan fingerprint density at radius 1 is 1.10 bits per heavy atom. The van der Waals surface area contributed by atoms with E-state index < -0.39 is 0 Å². The Labute approximate surface area is 176 Å². The number of morpholine rings is 1. The van der Waals surface area contributed by atoms with E-state index in [4.69, 9.17) is 14.3 Å². The maximum absolute atomic E-state index is 12.1. The predicted octanol–water partition coefficient (Wildman–Crippen LogP) is 3.24. The maximum Gasteiger partial charge on any atom is 0.373 e. The van der Waals surface area contributed by atoms with Crippen LogP contribution in [0.2, 0.25) is 0 Å². The number of amides is 1. The quantitative estimate of drug-likeness (QED) is 0.839. The zero-order chi connectivity index (χ0) is 21.5. The summed E-state index contributed by atoms with van der Waals surface area (Å²) in [6.45, 7) is 7.20. The van der Waals surface area contributed by atoms with Gasteiger partial charge in [0.05, 0.1) is 19.3 Å². The summed E-state index contributed by atoms with van der Waals surface area (Å²) in [5, 5.41) is 3.71. The number of nitrogens with one attached hydrogen (secondary N) is 1. The highest BCUT2D eigenvalue weighted by Gasteiger charge is 2.32. The number of fused-ring (bicyclic) bond motifs is 1. The molecule has 7 nitrogen and oxygen atoms in total. The molecule has 30 heavy (non-hydrogen) atoms. The molecule has 0 aliphatic carbocycles. The molecular weight excluding hydrogens is 382 g/mol. The second-order valence-corrected chi connectivity index (χ2v) is 7.46. The van der Waals surface area contributed by atoms with Gasteiger partial charge in [-0.3, -0.25) is 4.79 Å². The molecule has 1 saturated heterocycles. The zero-order valence-corrected chi connectivity index (χ0v) is 17.3. The van der Waals surface area contributed by atoms with Gasteiger partial charge in [-0.05, 0) is 43.2 Å². The fraction of sp³-hybridized carbons (Fsp3) is 0.391. The molecule has 158 valence electrons. The first kappa shape index (κ1) is 21.6. The zero-order valence-electron chi connectivity index (χ0n) is 17.3. The SMILES string of the molecule is CC(=O)N1c2ccccc2C(Nc2cccc(N3CCOCC3)c2)CC1C.O=C=O. The van der Waals surface area contributed by atoms with Crippen LogP contribution in [0.25, 0.3) is 0 Å². The summed E-state index contributed by atoms with van der Waals surface area (Å²) in [7, 11) is 0. The Morgan fingerprint density at radius 2 is 1.80 bits per heavy atom. The Balaban J connectivity index is 0.000000806. The van der Waals surface area contributed by atoms with Crippen molar-refractivity contribution in [2.75, 3.05) is 41.4 Å². The first-order valence-electron chi connectivity index (χ1n) is 10.1. The van der Waals surface area contributed by atoms with Crippen LogP contribution in [0.3, 0.4) is 0 Å². The van der Waals surface area contributed by atoms with Crippen molar-refractivity contribution in [2.24, 2.45) is 0 Å². The van der Waals surface area contributed by atoms with Crippen LogP contribution in [0.4, 0.5) is 17.1 Å². The molecule has 2 aliphatic rings. The fourth-order valence-corrected chi connectivity index (χ4v) is 4.24. The smallest absolute Gasteiger partial charge is 0.373 e. The Kier molecular flexibility index (Phi) is 7.22. The molecule has 2 unspecified atom stereocenters. The minimum absolute atomic E-state index is 0.0997. The summed E-state index contributed by atoms with van der Waals surface area (Å²) in [4.78, 5) is 32.7. The molecule has 0 spiro atoms. The molecular formula is C23H27N3O4. The van der Waals surface area contributed by atoms with E-state index in [2.05, 4.69) is 47.5 Å². The highest BCUT2D eigenvalue weighted by atomic mass is 16.5. The van der Waals surface area contributed by atoms with Crippen molar-refractivity contribution in [3.63, 3.8) is 0 Å². The molecule has 2 aromatic rings. The largest absolute Gasteiger partial charge is 0.378 e. The third-order valence-corrected chi connectivity index (χ3v) is 5.49. The number of carbonyl (C=O) groups is 1. The lowest BCUT2D eigenvalue weighted by Crippen LogP contribution is -2.43. The van der Waals surface area contributed by atoms with Gasteiger partial charge in [-0.1, -0.05) is 24.3 Å². The van der Waals surface area contributed by atoms with E-state index in [0.29, 0.717) is 0 Å². The normalized spacial score (nSPS) is 20.3. The van der Waals surface area contributed by atoms with Gasteiger partial charge in [0, 0.05) is 43.1 Å². The minimum Gasteiger partial charge on any atom is -0.378 e. The van der Waals surface area contributed by atoms with Gasteiger partial charge < -0.3 is 19.9 Å². The summed E-state index contributed by atoms with van der Waals surface area (Å²) in [5.41, 5.74) is 4.54. The molecule has 0 bridgehead atoms. The lowest BCUT2D eigenvalue weighted by atomic mass is 9.91. The minimum atomic E-state index is 0.0997. The molecule has 7 heteroatoms. The van der Waals surface area contributed by atoms with E-state index in [1.54, 1.807) is 6.92 Å². The van der Waals surface area contributed by atoms with Gasteiger partial charge in [0.1, 0.15) is 0 Å². The van der Waals surface area contributed by atoms with Crippen LogP contribution in [-0.4, -0.2) is 44.4 Å². The molecule has 1 N–H and O–H groups in total. The number of rotatable bonds is 3. The van der Waals surface area contributed by atoms with Crippen molar-refractivity contribution in [2.45, 2.75) is 32.4 Å². The van der Waals surface area contributed by atoms with E-state index in [0.717, 1.165) is 44.1 Å². The van der Waals surface area contributed by atoms with Crippen LogP contribution in [0.1, 0.15) is 31.9 Å². The van der Waals surface area contributed by atoms with E-state index in [1.165, 1.54) is 11.3 Å². The van der Waals surface area contributed by atoms with Crippen molar-refractivity contribution in [3.8, 4) is 0 Å². The number of nitrogens with zero attached hydrogens (tertiary/aromatic N) is 2. The van der Waals surface area contributed by atoms with Gasteiger partial charge in [0.2, 0.25) is 5.91 Å². The van der Waals surface area contributed by atoms with Gasteiger partial charge in [0.25, 0.3) is 0 Å². The van der Waals surface area contributed by atoms with E-state index in [9.17, 15) is 4.79 Å². The summed E-state index contributed by atoms with van der Waals surface area (Å²) >= 11 is 0. The van der Waals surface area contributed by atoms with Crippen molar-refractivity contribution in [1.29, 1.82) is 0 Å². The molecule has 0 radical (unpaired) electrons. The molecule has 0 saturated carbocycles. The lowest BCUT2D eigenvalue weighted by molar-refractivity contribution is -0.191. The fourth-order valence-electron chi connectivity index (χ4n) is 4.24. The average molecular weight is 409 g/mol. The second-order valence-electron chi connectivity index (χ2n) is 7.46. The first-order valence-corrected chi connectivity index (χ1v) is 10.1. The summed E-state index contributed by atoms with van der Waals surface area (Å²) in [6.07, 6.45) is 1.14. The van der Waals surface area contributed by atoms with Gasteiger partial charge in [-0.25, -0.2) is 0 Å². The van der Waals surface area contributed by atoms with Crippen LogP contribution in [0.5, 0.6) is 0 Å². The highest BCUT2D eigenvalue weighted by molar-refractivity contribution is 5.93. The molecule has 2 aromatic carbocycles. The molecule has 2 aliphatic heterocycles. The topological polar surface area (TPSA) is 79.0 Å². The lowest BCUT2D eigenvalue weighted by Gasteiger charge is -2.39. The second kappa shape index (κ2) is 10.1. The monoisotopic (exact) mass is 409 g/mol. The van der Waals surface area contributed by atoms with E-state index in [1.807, 2.05) is 23.1 Å². The van der Waals surface area contributed by atoms with Crippen LogP contribution >= 0.6 is 0 Å². The molecule has 2 atom stereocenters. The molecule has 1 fully saturated rings. The Bertz CT molecular complexity index is 905. The van der Waals surface area contributed by atoms with Crippen molar-refractivity contribution >= 4 is 29.1 Å². The van der Waals surface area contributed by atoms with Crippen molar-refractivity contribution < 1.29 is 19.1 Å². The van der Waals surface area contributed by atoms with Gasteiger partial charge >= 0.3 is 6.15 Å². The summed E-state index contributed by atoms with van der Waals surface area (Å²) in [5.74, 6) is 0.0997. The molecule has 1 amide bonds. The van der Waals surface area contributed by atoms with Gasteiger partial charge in [0.15, 0.2) is 0 Å². The van der Waals surface area contributed by atoms with Crippen molar-refractivity contribution in [1.82, 2.24) is 0 Å². The number of hydrogen-bond donors (Lipinski definition) is 1. The standard InChI is InChI=1S/C22H27N3O2.CO2/c1-16-14-21(20-8-3-4-9-22(20)25(16)17(2)26)23-18-6-5-7-19(15-18)24-10-12-27-13-11-24;2-1-3/h3-9,15-16,21,23H,10-14H2,1-2H3;. The third kappa shape index (κ3) is 4.87. The number of benzene rings is 2. The number of ether oxygens (including phenoxy) is 1. The molecule has 4 rings (SSSR count). The number of para-hydroxylation sites is 1. The molecule has 0 aromatic heterocycles. The third-order valence-electron chi connectivity index (χ3n) is 5.49. The Hall–Kier alpha value is -3.15. The average Bonchev–Trinajstić information content (AvgIpc) is 2.75. The number of hydrogen-bond acceptors (Lipinski definition) is 6. The van der Waals surface area contributed by atoms with Gasteiger partial charge in [-0.2, -0.15) is 9.59 Å². The van der Waals surface area contributed by atoms with E-state index >= 15 is 0 Å². The first-order chi connectivity index (χ1) is 14.5. The van der Waals surface area contributed by atoms with Crippen LogP contribution in [0.15, 0.2) is 48.5 Å². The maximum atomic E-state index is 12.1. The Morgan fingerprint density at radius 3 is 2.50 bits per heavy atom. The molecule has 2 heterocycles. The van der Waals surface area contributed by atoms with Crippen LogP contribution < -0.4 is 15.1 Å².